The molecule has 1 unspecified atom stereocenters. The summed E-state index contributed by atoms with van der Waals surface area (Å²) < 4.78 is 5.46. The molecule has 1 atom stereocenters. The van der Waals surface area contributed by atoms with Gasteiger partial charge in [0.15, 0.2) is 5.96 Å². The Morgan fingerprint density at radius 2 is 1.93 bits per heavy atom. The molecular formula is C20H32IN5O2. The number of guanidine groups is 1. The number of likely N-dealkylation sites (tertiary alicyclic amines) is 1. The molecule has 1 amide bonds. The molecule has 156 valence electrons. The fourth-order valence-electron chi connectivity index (χ4n) is 3.78. The van der Waals surface area contributed by atoms with E-state index in [1.165, 1.54) is 18.9 Å². The molecule has 0 saturated carbocycles. The summed E-state index contributed by atoms with van der Waals surface area (Å²) in [5.74, 6) is 0.940. The molecule has 1 aromatic rings. The summed E-state index contributed by atoms with van der Waals surface area (Å²) in [5, 5.41) is 6.28. The first-order valence-corrected chi connectivity index (χ1v) is 9.79. The number of carbonyl (C=O) groups excluding carboxylic acids is 1. The van der Waals surface area contributed by atoms with Crippen molar-refractivity contribution in [1.82, 2.24) is 15.1 Å². The summed E-state index contributed by atoms with van der Waals surface area (Å²) in [5.41, 5.74) is 2.07. The number of anilines is 1. The number of aliphatic imine (C=N–C) groups is 1. The van der Waals surface area contributed by atoms with Gasteiger partial charge in [-0.25, -0.2) is 0 Å². The van der Waals surface area contributed by atoms with Gasteiger partial charge < -0.3 is 20.3 Å². The van der Waals surface area contributed by atoms with Gasteiger partial charge in [0.1, 0.15) is 0 Å². The Kier molecular flexibility index (Phi) is 9.46. The van der Waals surface area contributed by atoms with Gasteiger partial charge in [0.25, 0.3) is 0 Å². The van der Waals surface area contributed by atoms with Gasteiger partial charge in [-0.15, -0.1) is 24.0 Å². The predicted molar refractivity (Wildman–Crippen MR) is 124 cm³/mol. The molecule has 2 aliphatic rings. The second-order valence-electron chi connectivity index (χ2n) is 7.14. The van der Waals surface area contributed by atoms with Crippen LogP contribution in [0.4, 0.5) is 5.69 Å². The monoisotopic (exact) mass is 501 g/mol. The highest BCUT2D eigenvalue weighted by molar-refractivity contribution is 14.0. The summed E-state index contributed by atoms with van der Waals surface area (Å²) in [7, 11) is 1.85. The summed E-state index contributed by atoms with van der Waals surface area (Å²) in [6.07, 6.45) is 2.10. The van der Waals surface area contributed by atoms with Crippen molar-refractivity contribution in [3.63, 3.8) is 0 Å². The fourth-order valence-corrected chi connectivity index (χ4v) is 3.78. The predicted octanol–water partition coefficient (Wildman–Crippen LogP) is 1.79. The number of halogens is 1. The minimum atomic E-state index is -0.0470. The van der Waals surface area contributed by atoms with Crippen LogP contribution < -0.4 is 10.6 Å². The summed E-state index contributed by atoms with van der Waals surface area (Å²) in [6.45, 7) is 8.22. The summed E-state index contributed by atoms with van der Waals surface area (Å²) >= 11 is 0. The largest absolute Gasteiger partial charge is 0.379 e. The SMILES string of the molecule is CN=C(NCCc1ccc(NC(C)=O)cc1)N1CCC(N2CCOCC2)C1.I. The van der Waals surface area contributed by atoms with Gasteiger partial charge in [0.05, 0.1) is 13.2 Å². The van der Waals surface area contributed by atoms with Gasteiger partial charge in [-0.2, -0.15) is 0 Å². The number of ether oxygens (including phenoxy) is 1. The van der Waals surface area contributed by atoms with Crippen LogP contribution in [-0.2, 0) is 16.0 Å². The average Bonchev–Trinajstić information content (AvgIpc) is 3.17. The number of hydrogen-bond acceptors (Lipinski definition) is 4. The molecule has 8 heteroatoms. The van der Waals surface area contributed by atoms with Crippen LogP contribution in [-0.4, -0.2) is 80.7 Å². The molecule has 2 heterocycles. The van der Waals surface area contributed by atoms with Crippen LogP contribution in [0.3, 0.4) is 0 Å². The molecule has 0 aliphatic carbocycles. The van der Waals surface area contributed by atoms with E-state index in [-0.39, 0.29) is 29.9 Å². The Labute approximate surface area is 184 Å². The highest BCUT2D eigenvalue weighted by Gasteiger charge is 2.30. The molecule has 2 aliphatic heterocycles. The quantitative estimate of drug-likeness (QED) is 0.366. The number of carbonyl (C=O) groups is 1. The lowest BCUT2D eigenvalue weighted by Crippen LogP contribution is -2.46. The lowest BCUT2D eigenvalue weighted by molar-refractivity contribution is -0.114. The number of hydrogen-bond donors (Lipinski definition) is 2. The Morgan fingerprint density at radius 3 is 2.57 bits per heavy atom. The maximum atomic E-state index is 11.1. The number of morpholine rings is 1. The van der Waals surface area contributed by atoms with Gasteiger partial charge in [-0.05, 0) is 30.5 Å². The molecule has 7 nitrogen and oxygen atoms in total. The van der Waals surface area contributed by atoms with E-state index in [9.17, 15) is 4.79 Å². The Balaban J connectivity index is 0.00000280. The van der Waals surface area contributed by atoms with E-state index in [1.54, 1.807) is 0 Å². The van der Waals surface area contributed by atoms with Crippen LogP contribution in [0.5, 0.6) is 0 Å². The van der Waals surface area contributed by atoms with Crippen molar-refractivity contribution >= 4 is 41.5 Å². The third-order valence-corrected chi connectivity index (χ3v) is 5.21. The highest BCUT2D eigenvalue weighted by atomic mass is 127. The molecule has 1 aromatic carbocycles. The zero-order valence-corrected chi connectivity index (χ0v) is 19.1. The molecule has 0 aromatic heterocycles. The van der Waals surface area contributed by atoms with Crippen LogP contribution in [0.25, 0.3) is 0 Å². The van der Waals surface area contributed by atoms with Gasteiger partial charge in [0, 0.05) is 58.4 Å². The number of rotatable bonds is 5. The first kappa shape index (κ1) is 22.9. The Morgan fingerprint density at radius 1 is 1.21 bits per heavy atom. The first-order chi connectivity index (χ1) is 13.2. The zero-order valence-electron chi connectivity index (χ0n) is 16.8. The zero-order chi connectivity index (χ0) is 19.1. The van der Waals surface area contributed by atoms with E-state index in [0.29, 0.717) is 6.04 Å². The molecule has 3 rings (SSSR count). The Hall–Kier alpha value is -1.39. The van der Waals surface area contributed by atoms with Crippen LogP contribution in [0.2, 0.25) is 0 Å². The second kappa shape index (κ2) is 11.6. The minimum absolute atomic E-state index is 0. The van der Waals surface area contributed by atoms with Crippen molar-refractivity contribution in [2.45, 2.75) is 25.8 Å². The van der Waals surface area contributed by atoms with Gasteiger partial charge in [0.2, 0.25) is 5.91 Å². The third kappa shape index (κ3) is 6.59. The number of amides is 1. The van der Waals surface area contributed by atoms with E-state index in [4.69, 9.17) is 4.74 Å². The van der Waals surface area contributed by atoms with E-state index >= 15 is 0 Å². The fraction of sp³-hybridized carbons (Fsp3) is 0.600. The minimum Gasteiger partial charge on any atom is -0.379 e. The lowest BCUT2D eigenvalue weighted by Gasteiger charge is -2.32. The molecule has 0 radical (unpaired) electrons. The standard InChI is InChI=1S/C20H31N5O2.HI/c1-16(26)23-18-5-3-17(4-6-18)7-9-22-20(21-2)25-10-8-19(15-25)24-11-13-27-14-12-24;/h3-6,19H,7-15H2,1-2H3,(H,21,22)(H,23,26);1H. The van der Waals surface area contributed by atoms with Crippen LogP contribution in [0.15, 0.2) is 29.3 Å². The number of benzene rings is 1. The molecule has 0 spiro atoms. The first-order valence-electron chi connectivity index (χ1n) is 9.79. The highest BCUT2D eigenvalue weighted by Crippen LogP contribution is 2.17. The van der Waals surface area contributed by atoms with E-state index in [2.05, 4.69) is 37.6 Å². The Bertz CT molecular complexity index is 647. The molecule has 2 saturated heterocycles. The summed E-state index contributed by atoms with van der Waals surface area (Å²) in [6, 6.07) is 8.60. The van der Waals surface area contributed by atoms with E-state index in [1.807, 2.05) is 19.2 Å². The number of nitrogens with one attached hydrogen (secondary N) is 2. The van der Waals surface area contributed by atoms with Crippen LogP contribution in [0, 0.1) is 0 Å². The molecule has 0 bridgehead atoms. The topological polar surface area (TPSA) is 69.2 Å². The molecular weight excluding hydrogens is 469 g/mol. The average molecular weight is 501 g/mol. The van der Waals surface area contributed by atoms with Crippen molar-refractivity contribution in [1.29, 1.82) is 0 Å². The van der Waals surface area contributed by atoms with Crippen molar-refractivity contribution < 1.29 is 9.53 Å². The normalized spacial score (nSPS) is 20.6. The molecule has 2 N–H and O–H groups in total. The smallest absolute Gasteiger partial charge is 0.221 e. The van der Waals surface area contributed by atoms with E-state index < -0.39 is 0 Å². The maximum Gasteiger partial charge on any atom is 0.221 e. The van der Waals surface area contributed by atoms with Crippen molar-refractivity contribution in [2.75, 3.05) is 58.3 Å². The van der Waals surface area contributed by atoms with E-state index in [0.717, 1.165) is 64.0 Å². The lowest BCUT2D eigenvalue weighted by atomic mass is 10.1. The molecule has 28 heavy (non-hydrogen) atoms. The third-order valence-electron chi connectivity index (χ3n) is 5.21. The number of nitrogens with zero attached hydrogens (tertiary/aromatic N) is 3. The van der Waals surface area contributed by atoms with Gasteiger partial charge in [-0.1, -0.05) is 12.1 Å². The van der Waals surface area contributed by atoms with Crippen LogP contribution >= 0.6 is 24.0 Å². The van der Waals surface area contributed by atoms with Crippen molar-refractivity contribution in [3.8, 4) is 0 Å². The summed E-state index contributed by atoms with van der Waals surface area (Å²) in [4.78, 5) is 20.5. The van der Waals surface area contributed by atoms with Gasteiger partial charge >= 0.3 is 0 Å². The van der Waals surface area contributed by atoms with Crippen molar-refractivity contribution in [2.24, 2.45) is 4.99 Å². The van der Waals surface area contributed by atoms with Crippen molar-refractivity contribution in [3.05, 3.63) is 29.8 Å². The second-order valence-corrected chi connectivity index (χ2v) is 7.14. The molecule has 2 fully saturated rings. The van der Waals surface area contributed by atoms with Gasteiger partial charge in [-0.3, -0.25) is 14.7 Å². The maximum absolute atomic E-state index is 11.1. The van der Waals surface area contributed by atoms with Crippen LogP contribution in [0.1, 0.15) is 18.9 Å².